The highest BCUT2D eigenvalue weighted by atomic mass is 79.9. The maximum Gasteiger partial charge on any atom is 0.244 e. The summed E-state index contributed by atoms with van der Waals surface area (Å²) in [7, 11) is 0. The summed E-state index contributed by atoms with van der Waals surface area (Å²) in [5, 5.41) is 4.14. The quantitative estimate of drug-likeness (QED) is 0.821. The van der Waals surface area contributed by atoms with Crippen molar-refractivity contribution >= 4 is 21.8 Å². The van der Waals surface area contributed by atoms with E-state index in [4.69, 9.17) is 0 Å². The van der Waals surface area contributed by atoms with Gasteiger partial charge in [0.2, 0.25) is 5.91 Å². The van der Waals surface area contributed by atoms with Crippen LogP contribution in [0.1, 0.15) is 11.1 Å². The first-order valence-corrected chi connectivity index (χ1v) is 8.64. The molecule has 6 heteroatoms. The number of carbonyl (C=O) groups excluding carboxylic acids is 1. The zero-order valence-electron chi connectivity index (χ0n) is 13.3. The summed E-state index contributed by atoms with van der Waals surface area (Å²) < 4.78 is 2.57. The van der Waals surface area contributed by atoms with E-state index in [2.05, 4.69) is 57.1 Å². The first kappa shape index (κ1) is 16.2. The Morgan fingerprint density at radius 3 is 2.61 bits per heavy atom. The van der Waals surface area contributed by atoms with Gasteiger partial charge in [0.15, 0.2) is 0 Å². The number of hydrogen-bond acceptors (Lipinski definition) is 3. The van der Waals surface area contributed by atoms with Crippen LogP contribution in [0.2, 0.25) is 0 Å². The zero-order valence-corrected chi connectivity index (χ0v) is 14.9. The SMILES string of the molecule is Cc1ccccc1CN1CCN(C(=O)Cn2cc(Br)cn2)CC1. The van der Waals surface area contributed by atoms with Crippen LogP contribution in [-0.4, -0.2) is 51.7 Å². The highest BCUT2D eigenvalue weighted by molar-refractivity contribution is 9.10. The molecule has 1 aliphatic heterocycles. The Bertz CT molecular complexity index is 677. The van der Waals surface area contributed by atoms with Gasteiger partial charge in [0, 0.05) is 38.9 Å². The average molecular weight is 377 g/mol. The van der Waals surface area contributed by atoms with Crippen molar-refractivity contribution in [3.8, 4) is 0 Å². The van der Waals surface area contributed by atoms with E-state index in [1.165, 1.54) is 11.1 Å². The van der Waals surface area contributed by atoms with Gasteiger partial charge in [-0.25, -0.2) is 0 Å². The van der Waals surface area contributed by atoms with Gasteiger partial charge in [0.05, 0.1) is 10.7 Å². The molecule has 1 aromatic carbocycles. The lowest BCUT2D eigenvalue weighted by molar-refractivity contribution is -0.133. The molecule has 23 heavy (non-hydrogen) atoms. The molecule has 3 rings (SSSR count). The van der Waals surface area contributed by atoms with Gasteiger partial charge in [0.25, 0.3) is 0 Å². The molecule has 5 nitrogen and oxygen atoms in total. The maximum absolute atomic E-state index is 12.3. The molecule has 122 valence electrons. The van der Waals surface area contributed by atoms with Crippen molar-refractivity contribution < 1.29 is 4.79 Å². The van der Waals surface area contributed by atoms with E-state index in [0.29, 0.717) is 6.54 Å². The lowest BCUT2D eigenvalue weighted by Crippen LogP contribution is -2.49. The third-order valence-electron chi connectivity index (χ3n) is 4.28. The third kappa shape index (κ3) is 4.20. The fourth-order valence-corrected chi connectivity index (χ4v) is 3.18. The fraction of sp³-hybridized carbons (Fsp3) is 0.412. The van der Waals surface area contributed by atoms with Crippen LogP contribution in [-0.2, 0) is 17.9 Å². The molecule has 1 saturated heterocycles. The van der Waals surface area contributed by atoms with Crippen molar-refractivity contribution in [2.24, 2.45) is 0 Å². The Morgan fingerprint density at radius 1 is 1.22 bits per heavy atom. The molecule has 0 N–H and O–H groups in total. The van der Waals surface area contributed by atoms with Gasteiger partial charge < -0.3 is 4.90 Å². The molecule has 2 aromatic rings. The number of piperazine rings is 1. The molecule has 1 aliphatic rings. The van der Waals surface area contributed by atoms with Crippen LogP contribution in [0.25, 0.3) is 0 Å². The summed E-state index contributed by atoms with van der Waals surface area (Å²) in [5.74, 6) is 0.135. The van der Waals surface area contributed by atoms with Crippen LogP contribution in [0.5, 0.6) is 0 Å². The van der Waals surface area contributed by atoms with Crippen molar-refractivity contribution in [3.05, 3.63) is 52.3 Å². The summed E-state index contributed by atoms with van der Waals surface area (Å²) in [4.78, 5) is 16.7. The second kappa shape index (κ2) is 7.27. The largest absolute Gasteiger partial charge is 0.339 e. The highest BCUT2D eigenvalue weighted by Gasteiger charge is 2.21. The van der Waals surface area contributed by atoms with E-state index >= 15 is 0 Å². The number of aryl methyl sites for hydroxylation is 1. The van der Waals surface area contributed by atoms with Gasteiger partial charge in [-0.05, 0) is 34.0 Å². The fourth-order valence-electron chi connectivity index (χ4n) is 2.85. The van der Waals surface area contributed by atoms with E-state index in [0.717, 1.165) is 37.2 Å². The lowest BCUT2D eigenvalue weighted by Gasteiger charge is -2.35. The predicted molar refractivity (Wildman–Crippen MR) is 93.0 cm³/mol. The van der Waals surface area contributed by atoms with Crippen molar-refractivity contribution in [1.29, 1.82) is 0 Å². The summed E-state index contributed by atoms with van der Waals surface area (Å²) in [6.45, 7) is 6.83. The summed E-state index contributed by atoms with van der Waals surface area (Å²) in [6, 6.07) is 8.49. The van der Waals surface area contributed by atoms with Crippen molar-refractivity contribution in [2.45, 2.75) is 20.0 Å². The smallest absolute Gasteiger partial charge is 0.244 e. The molecule has 0 unspecified atom stereocenters. The lowest BCUT2D eigenvalue weighted by atomic mass is 10.1. The standard InChI is InChI=1S/C17H21BrN4O/c1-14-4-2-3-5-15(14)11-20-6-8-21(9-7-20)17(23)13-22-12-16(18)10-19-22/h2-5,10,12H,6-9,11,13H2,1H3. The van der Waals surface area contributed by atoms with Crippen molar-refractivity contribution in [1.82, 2.24) is 19.6 Å². The summed E-state index contributed by atoms with van der Waals surface area (Å²) >= 11 is 3.35. The second-order valence-corrected chi connectivity index (χ2v) is 6.86. The van der Waals surface area contributed by atoms with E-state index in [1.54, 1.807) is 10.9 Å². The van der Waals surface area contributed by atoms with E-state index in [9.17, 15) is 4.79 Å². The minimum atomic E-state index is 0.135. The number of carbonyl (C=O) groups is 1. The molecular weight excluding hydrogens is 356 g/mol. The molecule has 0 aliphatic carbocycles. The number of aromatic nitrogens is 2. The average Bonchev–Trinajstić information content (AvgIpc) is 2.95. The Labute approximate surface area is 145 Å². The van der Waals surface area contributed by atoms with Crippen molar-refractivity contribution in [2.75, 3.05) is 26.2 Å². The number of benzene rings is 1. The molecule has 1 fully saturated rings. The Balaban J connectivity index is 1.50. The monoisotopic (exact) mass is 376 g/mol. The van der Waals surface area contributed by atoms with Gasteiger partial charge >= 0.3 is 0 Å². The molecule has 0 radical (unpaired) electrons. The predicted octanol–water partition coefficient (Wildman–Crippen LogP) is 2.30. The molecule has 1 amide bonds. The molecule has 0 spiro atoms. The van der Waals surface area contributed by atoms with Crippen LogP contribution in [0, 0.1) is 6.92 Å². The molecule has 0 saturated carbocycles. The van der Waals surface area contributed by atoms with E-state index in [1.807, 2.05) is 11.1 Å². The maximum atomic E-state index is 12.3. The van der Waals surface area contributed by atoms with Crippen LogP contribution in [0.15, 0.2) is 41.1 Å². The topological polar surface area (TPSA) is 41.4 Å². The molecule has 2 heterocycles. The minimum absolute atomic E-state index is 0.135. The minimum Gasteiger partial charge on any atom is -0.339 e. The third-order valence-corrected chi connectivity index (χ3v) is 4.69. The zero-order chi connectivity index (χ0) is 16.2. The van der Waals surface area contributed by atoms with Crippen LogP contribution < -0.4 is 0 Å². The summed E-state index contributed by atoms with van der Waals surface area (Å²) in [5.41, 5.74) is 2.70. The molecule has 0 bridgehead atoms. The Kier molecular flexibility index (Phi) is 5.13. The number of rotatable bonds is 4. The number of halogens is 1. The van der Waals surface area contributed by atoms with Crippen LogP contribution >= 0.6 is 15.9 Å². The van der Waals surface area contributed by atoms with Crippen LogP contribution in [0.4, 0.5) is 0 Å². The van der Waals surface area contributed by atoms with Gasteiger partial charge in [-0.2, -0.15) is 5.10 Å². The first-order chi connectivity index (χ1) is 11.1. The first-order valence-electron chi connectivity index (χ1n) is 7.84. The van der Waals surface area contributed by atoms with Gasteiger partial charge in [0.1, 0.15) is 6.54 Å². The highest BCUT2D eigenvalue weighted by Crippen LogP contribution is 2.13. The number of hydrogen-bond donors (Lipinski definition) is 0. The van der Waals surface area contributed by atoms with E-state index in [-0.39, 0.29) is 5.91 Å². The summed E-state index contributed by atoms with van der Waals surface area (Å²) in [6.07, 6.45) is 3.53. The number of amides is 1. The van der Waals surface area contributed by atoms with Gasteiger partial charge in [-0.1, -0.05) is 24.3 Å². The number of nitrogens with zero attached hydrogens (tertiary/aromatic N) is 4. The molecular formula is C17H21BrN4O. The molecule has 1 aromatic heterocycles. The Morgan fingerprint density at radius 2 is 1.96 bits per heavy atom. The molecule has 0 atom stereocenters. The van der Waals surface area contributed by atoms with Crippen molar-refractivity contribution in [3.63, 3.8) is 0 Å². The van der Waals surface area contributed by atoms with E-state index < -0.39 is 0 Å². The van der Waals surface area contributed by atoms with Gasteiger partial charge in [-0.3, -0.25) is 14.4 Å². The normalized spacial score (nSPS) is 15.8. The van der Waals surface area contributed by atoms with Crippen LogP contribution in [0.3, 0.4) is 0 Å². The van der Waals surface area contributed by atoms with Gasteiger partial charge in [-0.15, -0.1) is 0 Å². The Hall–Kier alpha value is -1.66. The second-order valence-electron chi connectivity index (χ2n) is 5.94.